The van der Waals surface area contributed by atoms with Crippen LogP contribution >= 0.6 is 23.2 Å². The number of carbonyl (C=O) groups is 1. The van der Waals surface area contributed by atoms with E-state index in [0.29, 0.717) is 26.9 Å². The zero-order chi connectivity index (χ0) is 12.4. The molecule has 86 valence electrons. The summed E-state index contributed by atoms with van der Waals surface area (Å²) in [6.07, 6.45) is 2.43. The first kappa shape index (κ1) is 12.1. The van der Waals surface area contributed by atoms with Crippen molar-refractivity contribution in [1.29, 1.82) is 0 Å². The SMILES string of the molecule is Cc1ccnc(-c2cc(Cl)ccc2Cl)c1C=O. The molecule has 2 nitrogen and oxygen atoms in total. The molecule has 17 heavy (non-hydrogen) atoms. The summed E-state index contributed by atoms with van der Waals surface area (Å²) in [5, 5.41) is 1.08. The van der Waals surface area contributed by atoms with E-state index in [1.807, 2.05) is 6.92 Å². The molecule has 0 saturated carbocycles. The van der Waals surface area contributed by atoms with Gasteiger partial charge in [-0.3, -0.25) is 9.78 Å². The summed E-state index contributed by atoms with van der Waals surface area (Å²) in [4.78, 5) is 15.3. The molecule has 0 bridgehead atoms. The molecule has 0 aliphatic heterocycles. The number of aryl methyl sites for hydroxylation is 1. The first-order valence-corrected chi connectivity index (χ1v) is 5.75. The second-order valence-electron chi connectivity index (χ2n) is 3.63. The molecular formula is C13H9Cl2NO. The van der Waals surface area contributed by atoms with Gasteiger partial charge < -0.3 is 0 Å². The molecule has 0 fully saturated rings. The first-order chi connectivity index (χ1) is 8.13. The van der Waals surface area contributed by atoms with Crippen LogP contribution in [-0.2, 0) is 0 Å². The minimum atomic E-state index is 0.524. The quantitative estimate of drug-likeness (QED) is 0.763. The van der Waals surface area contributed by atoms with Gasteiger partial charge in [-0.15, -0.1) is 0 Å². The van der Waals surface area contributed by atoms with Gasteiger partial charge in [0.1, 0.15) is 0 Å². The Labute approximate surface area is 109 Å². The summed E-state index contributed by atoms with van der Waals surface area (Å²) in [6.45, 7) is 1.85. The number of aldehydes is 1. The third-order valence-corrected chi connectivity index (χ3v) is 3.07. The van der Waals surface area contributed by atoms with Crippen LogP contribution in [0.5, 0.6) is 0 Å². The molecule has 0 saturated heterocycles. The second-order valence-corrected chi connectivity index (χ2v) is 4.48. The van der Waals surface area contributed by atoms with Gasteiger partial charge in [0, 0.05) is 22.3 Å². The van der Waals surface area contributed by atoms with Crippen molar-refractivity contribution in [3.63, 3.8) is 0 Å². The van der Waals surface area contributed by atoms with Crippen molar-refractivity contribution in [2.75, 3.05) is 0 Å². The number of aromatic nitrogens is 1. The first-order valence-electron chi connectivity index (χ1n) is 4.99. The van der Waals surface area contributed by atoms with Gasteiger partial charge in [0.05, 0.1) is 10.7 Å². The van der Waals surface area contributed by atoms with Crippen LogP contribution in [0.1, 0.15) is 15.9 Å². The third kappa shape index (κ3) is 2.33. The molecule has 0 amide bonds. The average Bonchev–Trinajstić information content (AvgIpc) is 2.32. The van der Waals surface area contributed by atoms with Crippen LogP contribution in [0.2, 0.25) is 10.0 Å². The summed E-state index contributed by atoms with van der Waals surface area (Å²) in [5.41, 5.74) is 2.63. The number of hydrogen-bond donors (Lipinski definition) is 0. The van der Waals surface area contributed by atoms with E-state index >= 15 is 0 Å². The molecule has 0 N–H and O–H groups in total. The molecule has 0 aliphatic carbocycles. The van der Waals surface area contributed by atoms with Gasteiger partial charge in [-0.25, -0.2) is 0 Å². The summed E-state index contributed by atoms with van der Waals surface area (Å²) < 4.78 is 0. The maximum Gasteiger partial charge on any atom is 0.152 e. The summed E-state index contributed by atoms with van der Waals surface area (Å²) >= 11 is 12.0. The predicted octanol–water partition coefficient (Wildman–Crippen LogP) is 4.18. The number of halogens is 2. The normalized spacial score (nSPS) is 10.3. The van der Waals surface area contributed by atoms with Crippen molar-refractivity contribution in [2.24, 2.45) is 0 Å². The number of carbonyl (C=O) groups excluding carboxylic acids is 1. The van der Waals surface area contributed by atoms with Gasteiger partial charge in [-0.1, -0.05) is 23.2 Å². The molecule has 0 aliphatic rings. The lowest BCUT2D eigenvalue weighted by atomic mass is 10.0. The Kier molecular flexibility index (Phi) is 3.46. The van der Waals surface area contributed by atoms with Crippen LogP contribution in [0.3, 0.4) is 0 Å². The minimum Gasteiger partial charge on any atom is -0.298 e. The van der Waals surface area contributed by atoms with Gasteiger partial charge in [0.2, 0.25) is 0 Å². The van der Waals surface area contributed by atoms with Gasteiger partial charge in [-0.2, -0.15) is 0 Å². The van der Waals surface area contributed by atoms with Crippen LogP contribution in [0.15, 0.2) is 30.5 Å². The van der Waals surface area contributed by atoms with Crippen LogP contribution in [0.25, 0.3) is 11.3 Å². The van der Waals surface area contributed by atoms with Crippen LogP contribution < -0.4 is 0 Å². The second kappa shape index (κ2) is 4.86. The van der Waals surface area contributed by atoms with Crippen molar-refractivity contribution in [3.05, 3.63) is 51.6 Å². The number of pyridine rings is 1. The van der Waals surface area contributed by atoms with E-state index < -0.39 is 0 Å². The zero-order valence-electron chi connectivity index (χ0n) is 9.08. The van der Waals surface area contributed by atoms with Crippen LogP contribution in [-0.4, -0.2) is 11.3 Å². The molecule has 0 spiro atoms. The van der Waals surface area contributed by atoms with Crippen molar-refractivity contribution in [3.8, 4) is 11.3 Å². The molecule has 1 aromatic heterocycles. The molecule has 0 atom stereocenters. The fraction of sp³-hybridized carbons (Fsp3) is 0.0769. The Hall–Kier alpha value is -1.38. The van der Waals surface area contributed by atoms with Crippen molar-refractivity contribution in [2.45, 2.75) is 6.92 Å². The third-order valence-electron chi connectivity index (χ3n) is 2.51. The Morgan fingerprint density at radius 1 is 1.24 bits per heavy atom. The maximum atomic E-state index is 11.1. The number of nitrogens with zero attached hydrogens (tertiary/aromatic N) is 1. The highest BCUT2D eigenvalue weighted by molar-refractivity contribution is 6.35. The van der Waals surface area contributed by atoms with E-state index in [1.54, 1.807) is 30.5 Å². The fourth-order valence-corrected chi connectivity index (χ4v) is 1.99. The molecule has 1 heterocycles. The van der Waals surface area contributed by atoms with E-state index in [4.69, 9.17) is 23.2 Å². The van der Waals surface area contributed by atoms with Crippen LogP contribution in [0.4, 0.5) is 0 Å². The largest absolute Gasteiger partial charge is 0.298 e. The molecular weight excluding hydrogens is 257 g/mol. The lowest BCUT2D eigenvalue weighted by molar-refractivity contribution is 0.112. The van der Waals surface area contributed by atoms with Crippen molar-refractivity contribution in [1.82, 2.24) is 4.98 Å². The Morgan fingerprint density at radius 3 is 2.71 bits per heavy atom. The van der Waals surface area contributed by atoms with E-state index in [-0.39, 0.29) is 0 Å². The topological polar surface area (TPSA) is 30.0 Å². The van der Waals surface area contributed by atoms with E-state index in [1.165, 1.54) is 0 Å². The summed E-state index contributed by atoms with van der Waals surface area (Å²) in [5.74, 6) is 0. The van der Waals surface area contributed by atoms with Gasteiger partial charge in [0.25, 0.3) is 0 Å². The summed E-state index contributed by atoms with van der Waals surface area (Å²) in [7, 11) is 0. The fourth-order valence-electron chi connectivity index (χ4n) is 1.61. The molecule has 2 rings (SSSR count). The highest BCUT2D eigenvalue weighted by Crippen LogP contribution is 2.31. The molecule has 4 heteroatoms. The van der Waals surface area contributed by atoms with Gasteiger partial charge in [0.15, 0.2) is 6.29 Å². The lowest BCUT2D eigenvalue weighted by Gasteiger charge is -2.08. The highest BCUT2D eigenvalue weighted by Gasteiger charge is 2.12. The van der Waals surface area contributed by atoms with E-state index in [9.17, 15) is 4.79 Å². The standard InChI is InChI=1S/C13H9Cl2NO/c1-8-4-5-16-13(11(8)7-17)10-6-9(14)2-3-12(10)15/h2-7H,1H3. The van der Waals surface area contributed by atoms with Crippen molar-refractivity contribution < 1.29 is 4.79 Å². The monoisotopic (exact) mass is 265 g/mol. The zero-order valence-corrected chi connectivity index (χ0v) is 10.6. The van der Waals surface area contributed by atoms with E-state index in [2.05, 4.69) is 4.98 Å². The Bertz CT molecular complexity index is 582. The average molecular weight is 266 g/mol. The molecule has 1 aromatic carbocycles. The lowest BCUT2D eigenvalue weighted by Crippen LogP contribution is -1.95. The van der Waals surface area contributed by atoms with Gasteiger partial charge >= 0.3 is 0 Å². The highest BCUT2D eigenvalue weighted by atomic mass is 35.5. The molecule has 0 unspecified atom stereocenters. The number of benzene rings is 1. The summed E-state index contributed by atoms with van der Waals surface area (Å²) in [6, 6.07) is 6.88. The molecule has 0 radical (unpaired) electrons. The van der Waals surface area contributed by atoms with Gasteiger partial charge in [-0.05, 0) is 36.8 Å². The Balaban J connectivity index is 2.72. The minimum absolute atomic E-state index is 0.524. The van der Waals surface area contributed by atoms with E-state index in [0.717, 1.165) is 11.8 Å². The number of hydrogen-bond acceptors (Lipinski definition) is 2. The maximum absolute atomic E-state index is 11.1. The van der Waals surface area contributed by atoms with Crippen molar-refractivity contribution >= 4 is 29.5 Å². The number of rotatable bonds is 2. The smallest absolute Gasteiger partial charge is 0.152 e. The molecule has 2 aromatic rings. The Morgan fingerprint density at radius 2 is 2.00 bits per heavy atom. The predicted molar refractivity (Wildman–Crippen MR) is 69.8 cm³/mol. The van der Waals surface area contributed by atoms with Crippen LogP contribution in [0, 0.1) is 6.92 Å².